The predicted molar refractivity (Wildman–Crippen MR) is 95.1 cm³/mol. The molecule has 3 aromatic rings. The normalized spacial score (nSPS) is 13.0. The summed E-state index contributed by atoms with van der Waals surface area (Å²) in [6.07, 6.45) is -2.82. The Labute approximate surface area is 158 Å². The van der Waals surface area contributed by atoms with Gasteiger partial charge in [0.15, 0.2) is 0 Å². The van der Waals surface area contributed by atoms with Gasteiger partial charge in [0.1, 0.15) is 0 Å². The van der Waals surface area contributed by atoms with Crippen molar-refractivity contribution in [3.05, 3.63) is 77.1 Å². The Morgan fingerprint density at radius 1 is 1.04 bits per heavy atom. The smallest absolute Gasteiger partial charge is 0.295 e. The third kappa shape index (κ3) is 3.47. The van der Waals surface area contributed by atoms with Crippen molar-refractivity contribution in [2.45, 2.75) is 19.3 Å². The summed E-state index contributed by atoms with van der Waals surface area (Å²) in [7, 11) is 0. The van der Waals surface area contributed by atoms with E-state index < -0.39 is 17.6 Å². The van der Waals surface area contributed by atoms with Crippen molar-refractivity contribution in [1.29, 1.82) is 0 Å². The number of fused-ring (bicyclic) bond motifs is 2. The summed E-state index contributed by atoms with van der Waals surface area (Å²) in [5.41, 5.74) is 1.96. The van der Waals surface area contributed by atoms with Gasteiger partial charge in [0.25, 0.3) is 0 Å². The van der Waals surface area contributed by atoms with Crippen molar-refractivity contribution < 1.29 is 18.0 Å². The van der Waals surface area contributed by atoms with Gasteiger partial charge in [-0.1, -0.05) is 29.3 Å². The number of anilines is 1. The molecule has 140 valence electrons. The standard InChI is InChI=1S/C20H13F3N4O/c21-20(22,23)16-8-5-14(6-9-16)7-10-19(28)26-13-17-11-24-25-27(17)12-15-3-1-2-4-18(15)26/h1-6,8-9,11H,12-13H2. The van der Waals surface area contributed by atoms with E-state index in [1.54, 1.807) is 10.9 Å². The van der Waals surface area contributed by atoms with Crippen molar-refractivity contribution in [2.75, 3.05) is 4.90 Å². The zero-order valence-electron chi connectivity index (χ0n) is 14.4. The second-order valence-corrected chi connectivity index (χ2v) is 6.23. The molecule has 2 aromatic carbocycles. The van der Waals surface area contributed by atoms with Crippen LogP contribution in [-0.2, 0) is 24.1 Å². The third-order valence-electron chi connectivity index (χ3n) is 4.39. The minimum Gasteiger partial charge on any atom is -0.295 e. The summed E-state index contributed by atoms with van der Waals surface area (Å²) in [5, 5.41) is 7.91. The summed E-state index contributed by atoms with van der Waals surface area (Å²) >= 11 is 0. The minimum absolute atomic E-state index is 0.255. The second-order valence-electron chi connectivity index (χ2n) is 6.23. The van der Waals surface area contributed by atoms with Gasteiger partial charge in [-0.3, -0.25) is 9.69 Å². The van der Waals surface area contributed by atoms with Crippen LogP contribution in [-0.4, -0.2) is 20.9 Å². The number of rotatable bonds is 0. The van der Waals surface area contributed by atoms with Gasteiger partial charge in [-0.2, -0.15) is 13.2 Å². The fourth-order valence-corrected chi connectivity index (χ4v) is 2.97. The molecule has 28 heavy (non-hydrogen) atoms. The number of carbonyl (C=O) groups excluding carboxylic acids is 1. The Balaban J connectivity index is 1.63. The molecule has 1 aromatic heterocycles. The van der Waals surface area contributed by atoms with Gasteiger partial charge in [0.2, 0.25) is 0 Å². The summed E-state index contributed by atoms with van der Waals surface area (Å²) in [4.78, 5) is 14.3. The predicted octanol–water partition coefficient (Wildman–Crippen LogP) is 3.24. The van der Waals surface area contributed by atoms with Crippen molar-refractivity contribution in [3.63, 3.8) is 0 Å². The zero-order chi connectivity index (χ0) is 19.7. The number of benzene rings is 2. The van der Waals surface area contributed by atoms with Crippen molar-refractivity contribution in [3.8, 4) is 11.8 Å². The van der Waals surface area contributed by atoms with Gasteiger partial charge in [0.05, 0.1) is 36.2 Å². The van der Waals surface area contributed by atoms with Gasteiger partial charge in [0, 0.05) is 11.5 Å². The van der Waals surface area contributed by atoms with E-state index in [4.69, 9.17) is 0 Å². The SMILES string of the molecule is O=C(C#Cc1ccc(C(F)(F)F)cc1)N1Cc2cnnn2Cc2ccccc21. The number of para-hydroxylation sites is 1. The Bertz CT molecular complexity index is 1090. The first-order valence-corrected chi connectivity index (χ1v) is 8.38. The number of aromatic nitrogens is 3. The monoisotopic (exact) mass is 382 g/mol. The molecular weight excluding hydrogens is 369 g/mol. The Kier molecular flexibility index (Phi) is 4.35. The molecule has 2 heterocycles. The molecule has 4 rings (SSSR count). The van der Waals surface area contributed by atoms with E-state index in [2.05, 4.69) is 22.2 Å². The Hall–Kier alpha value is -3.60. The zero-order valence-corrected chi connectivity index (χ0v) is 14.4. The highest BCUT2D eigenvalue weighted by atomic mass is 19.4. The van der Waals surface area contributed by atoms with Crippen LogP contribution in [0.5, 0.6) is 0 Å². The van der Waals surface area contributed by atoms with E-state index in [1.165, 1.54) is 17.0 Å². The van der Waals surface area contributed by atoms with Crippen molar-refractivity contribution in [1.82, 2.24) is 15.0 Å². The fraction of sp³-hybridized carbons (Fsp3) is 0.150. The lowest BCUT2D eigenvalue weighted by molar-refractivity contribution is -0.137. The molecule has 0 aliphatic carbocycles. The first-order chi connectivity index (χ1) is 13.4. The number of halogens is 3. The number of alkyl halides is 3. The van der Waals surface area contributed by atoms with Crippen LogP contribution in [0, 0.1) is 11.8 Å². The maximum Gasteiger partial charge on any atom is 0.416 e. The van der Waals surface area contributed by atoms with E-state index in [0.29, 0.717) is 12.1 Å². The first kappa shape index (κ1) is 17.8. The maximum absolute atomic E-state index is 12.8. The van der Waals surface area contributed by atoms with Gasteiger partial charge in [-0.15, -0.1) is 5.10 Å². The van der Waals surface area contributed by atoms with Crippen LogP contribution in [0.15, 0.2) is 54.7 Å². The van der Waals surface area contributed by atoms with Gasteiger partial charge >= 0.3 is 12.1 Å². The molecule has 5 nitrogen and oxygen atoms in total. The van der Waals surface area contributed by atoms with E-state index in [-0.39, 0.29) is 6.54 Å². The van der Waals surface area contributed by atoms with Gasteiger partial charge in [-0.25, -0.2) is 4.68 Å². The minimum atomic E-state index is -4.41. The summed E-state index contributed by atoms with van der Waals surface area (Å²) < 4.78 is 39.6. The Morgan fingerprint density at radius 2 is 1.79 bits per heavy atom. The van der Waals surface area contributed by atoms with Gasteiger partial charge in [-0.05, 0) is 35.9 Å². The van der Waals surface area contributed by atoms with Crippen LogP contribution in [0.4, 0.5) is 18.9 Å². The fourth-order valence-electron chi connectivity index (χ4n) is 2.97. The molecule has 0 saturated carbocycles. The van der Waals surface area contributed by atoms with Crippen molar-refractivity contribution in [2.24, 2.45) is 0 Å². The Morgan fingerprint density at radius 3 is 2.54 bits per heavy atom. The summed E-state index contributed by atoms with van der Waals surface area (Å²) in [5.74, 6) is 4.71. The topological polar surface area (TPSA) is 51.0 Å². The molecule has 8 heteroatoms. The van der Waals surface area contributed by atoms with E-state index in [9.17, 15) is 18.0 Å². The van der Waals surface area contributed by atoms with Crippen molar-refractivity contribution >= 4 is 11.6 Å². The molecule has 0 radical (unpaired) electrons. The summed E-state index contributed by atoms with van der Waals surface area (Å²) in [6.45, 7) is 0.742. The van der Waals surface area contributed by atoms with Crippen LogP contribution in [0.1, 0.15) is 22.4 Å². The quantitative estimate of drug-likeness (QED) is 0.561. The third-order valence-corrected chi connectivity index (χ3v) is 4.39. The molecule has 1 aliphatic rings. The van der Waals surface area contributed by atoms with Crippen LogP contribution in [0.2, 0.25) is 0 Å². The van der Waals surface area contributed by atoms with E-state index >= 15 is 0 Å². The molecule has 0 saturated heterocycles. The van der Waals surface area contributed by atoms with Gasteiger partial charge < -0.3 is 0 Å². The molecule has 1 amide bonds. The number of hydrogen-bond donors (Lipinski definition) is 0. The number of carbonyl (C=O) groups is 1. The molecule has 0 unspecified atom stereocenters. The van der Waals surface area contributed by atoms with Crippen LogP contribution in [0.25, 0.3) is 0 Å². The molecular formula is C20H13F3N4O. The van der Waals surface area contributed by atoms with E-state index in [1.807, 2.05) is 24.3 Å². The molecule has 1 aliphatic heterocycles. The molecule has 0 spiro atoms. The lowest BCUT2D eigenvalue weighted by atomic mass is 10.1. The average molecular weight is 382 g/mol. The largest absolute Gasteiger partial charge is 0.416 e. The highest BCUT2D eigenvalue weighted by Gasteiger charge is 2.30. The highest BCUT2D eigenvalue weighted by molar-refractivity contribution is 6.06. The molecule has 0 bridgehead atoms. The number of nitrogens with zero attached hydrogens (tertiary/aromatic N) is 4. The number of amides is 1. The van der Waals surface area contributed by atoms with Crippen LogP contribution in [0.3, 0.4) is 0 Å². The lowest BCUT2D eigenvalue weighted by Crippen LogP contribution is -2.29. The molecule has 0 N–H and O–H groups in total. The summed E-state index contributed by atoms with van der Waals surface area (Å²) in [6, 6.07) is 11.8. The molecule has 0 fully saturated rings. The first-order valence-electron chi connectivity index (χ1n) is 8.38. The van der Waals surface area contributed by atoms with Crippen LogP contribution < -0.4 is 4.90 Å². The lowest BCUT2D eigenvalue weighted by Gasteiger charge is -2.19. The average Bonchev–Trinajstić information content (AvgIpc) is 3.05. The second kappa shape index (κ2) is 6.85. The molecule has 0 atom stereocenters. The van der Waals surface area contributed by atoms with Crippen LogP contribution >= 0.6 is 0 Å². The van der Waals surface area contributed by atoms with E-state index in [0.717, 1.165) is 29.1 Å². The highest BCUT2D eigenvalue weighted by Crippen LogP contribution is 2.29. The maximum atomic E-state index is 12.8. The number of hydrogen-bond acceptors (Lipinski definition) is 3.